The van der Waals surface area contributed by atoms with Gasteiger partial charge in [-0.3, -0.25) is 9.59 Å². The van der Waals surface area contributed by atoms with Crippen molar-refractivity contribution in [1.82, 2.24) is 4.90 Å². The third-order valence-electron chi connectivity index (χ3n) is 3.28. The SMILES string of the molecule is CN(C)C(=O)c1cccc(NC(=O)CO/N=C(/N)c2cccc(Cl)c2)c1. The van der Waals surface area contributed by atoms with Crippen molar-refractivity contribution in [2.24, 2.45) is 10.9 Å². The smallest absolute Gasteiger partial charge is 0.265 e. The van der Waals surface area contributed by atoms with Crippen LogP contribution in [0, 0.1) is 0 Å². The van der Waals surface area contributed by atoms with Crippen LogP contribution in [0.1, 0.15) is 15.9 Å². The number of hydrogen-bond acceptors (Lipinski definition) is 4. The van der Waals surface area contributed by atoms with E-state index in [0.29, 0.717) is 21.8 Å². The Kier molecular flexibility index (Phi) is 6.57. The number of anilines is 1. The predicted octanol–water partition coefficient (Wildman–Crippen LogP) is 2.32. The number of rotatable bonds is 6. The molecule has 0 aliphatic rings. The largest absolute Gasteiger partial charge is 0.384 e. The van der Waals surface area contributed by atoms with Crippen LogP contribution in [0.3, 0.4) is 0 Å². The molecular formula is C18H19ClN4O3. The van der Waals surface area contributed by atoms with E-state index in [2.05, 4.69) is 10.5 Å². The summed E-state index contributed by atoms with van der Waals surface area (Å²) < 4.78 is 0. The van der Waals surface area contributed by atoms with Gasteiger partial charge in [0.25, 0.3) is 11.8 Å². The van der Waals surface area contributed by atoms with Gasteiger partial charge >= 0.3 is 0 Å². The van der Waals surface area contributed by atoms with Crippen LogP contribution in [0.5, 0.6) is 0 Å². The van der Waals surface area contributed by atoms with Gasteiger partial charge < -0.3 is 20.8 Å². The second kappa shape index (κ2) is 8.87. The van der Waals surface area contributed by atoms with E-state index in [1.54, 1.807) is 62.6 Å². The van der Waals surface area contributed by atoms with Crippen molar-refractivity contribution >= 4 is 34.9 Å². The number of hydrogen-bond donors (Lipinski definition) is 2. The zero-order chi connectivity index (χ0) is 19.1. The zero-order valence-electron chi connectivity index (χ0n) is 14.4. The molecule has 8 heteroatoms. The van der Waals surface area contributed by atoms with Gasteiger partial charge in [-0.25, -0.2) is 0 Å². The number of benzene rings is 2. The quantitative estimate of drug-likeness (QED) is 0.460. The van der Waals surface area contributed by atoms with Crippen LogP contribution < -0.4 is 11.1 Å². The summed E-state index contributed by atoms with van der Waals surface area (Å²) in [5, 5.41) is 6.85. The molecule has 0 heterocycles. The highest BCUT2D eigenvalue weighted by Gasteiger charge is 2.10. The standard InChI is InChI=1S/C18H19ClN4O3/c1-23(2)18(25)13-6-4-8-15(10-13)21-16(24)11-26-22-17(20)12-5-3-7-14(19)9-12/h3-10H,11H2,1-2H3,(H2,20,22)(H,21,24). The van der Waals surface area contributed by atoms with E-state index in [4.69, 9.17) is 22.2 Å². The summed E-state index contributed by atoms with van der Waals surface area (Å²) in [6.07, 6.45) is 0. The Balaban J connectivity index is 1.92. The molecule has 2 rings (SSSR count). The molecule has 0 bridgehead atoms. The number of carbonyl (C=O) groups is 2. The van der Waals surface area contributed by atoms with Crippen LogP contribution in [0.2, 0.25) is 5.02 Å². The number of halogens is 1. The number of carbonyl (C=O) groups excluding carboxylic acids is 2. The Morgan fingerprint density at radius 3 is 2.54 bits per heavy atom. The molecule has 0 fully saturated rings. The maximum Gasteiger partial charge on any atom is 0.265 e. The lowest BCUT2D eigenvalue weighted by molar-refractivity contribution is -0.120. The Bertz CT molecular complexity index is 837. The first-order chi connectivity index (χ1) is 12.4. The van der Waals surface area contributed by atoms with Crippen molar-refractivity contribution in [1.29, 1.82) is 0 Å². The third kappa shape index (κ3) is 5.49. The van der Waals surface area contributed by atoms with Gasteiger partial charge in [0.1, 0.15) is 0 Å². The van der Waals surface area contributed by atoms with E-state index in [1.165, 1.54) is 4.90 Å². The van der Waals surface area contributed by atoms with Crippen LogP contribution in [0.4, 0.5) is 5.69 Å². The van der Waals surface area contributed by atoms with Crippen molar-refractivity contribution in [2.45, 2.75) is 0 Å². The summed E-state index contributed by atoms with van der Waals surface area (Å²) in [6.45, 7) is -0.326. The molecule has 0 aromatic heterocycles. The summed E-state index contributed by atoms with van der Waals surface area (Å²) in [5.74, 6) is -0.475. The van der Waals surface area contributed by atoms with Gasteiger partial charge in [-0.05, 0) is 30.3 Å². The topological polar surface area (TPSA) is 97.0 Å². The maximum absolute atomic E-state index is 11.9. The van der Waals surface area contributed by atoms with E-state index in [-0.39, 0.29) is 18.3 Å². The van der Waals surface area contributed by atoms with Crippen molar-refractivity contribution < 1.29 is 14.4 Å². The zero-order valence-corrected chi connectivity index (χ0v) is 15.2. The molecule has 0 saturated heterocycles. The number of nitrogens with one attached hydrogen (secondary N) is 1. The van der Waals surface area contributed by atoms with Crippen molar-refractivity contribution in [3.8, 4) is 0 Å². The molecule has 0 aliphatic heterocycles. The number of amides is 2. The van der Waals surface area contributed by atoms with E-state index < -0.39 is 5.91 Å². The normalized spacial score (nSPS) is 11.0. The predicted molar refractivity (Wildman–Crippen MR) is 101 cm³/mol. The summed E-state index contributed by atoms with van der Waals surface area (Å²) in [5.41, 5.74) is 7.32. The monoisotopic (exact) mass is 374 g/mol. The first-order valence-corrected chi connectivity index (χ1v) is 8.07. The molecule has 2 aromatic carbocycles. The van der Waals surface area contributed by atoms with E-state index in [1.807, 2.05) is 0 Å². The number of nitrogens with zero attached hydrogens (tertiary/aromatic N) is 2. The highest BCUT2D eigenvalue weighted by Crippen LogP contribution is 2.12. The molecule has 136 valence electrons. The Morgan fingerprint density at radius 1 is 1.15 bits per heavy atom. The first-order valence-electron chi connectivity index (χ1n) is 7.70. The van der Waals surface area contributed by atoms with Gasteiger partial charge in [0, 0.05) is 35.9 Å². The summed E-state index contributed by atoms with van der Waals surface area (Å²) in [7, 11) is 3.31. The molecule has 0 unspecified atom stereocenters. The minimum absolute atomic E-state index is 0.110. The molecule has 0 atom stereocenters. The van der Waals surface area contributed by atoms with Gasteiger partial charge in [0.05, 0.1) is 0 Å². The highest BCUT2D eigenvalue weighted by atomic mass is 35.5. The molecule has 2 aromatic rings. The molecule has 7 nitrogen and oxygen atoms in total. The Morgan fingerprint density at radius 2 is 1.85 bits per heavy atom. The summed E-state index contributed by atoms with van der Waals surface area (Å²) in [6, 6.07) is 13.4. The average molecular weight is 375 g/mol. The molecule has 0 radical (unpaired) electrons. The van der Waals surface area contributed by atoms with Gasteiger partial charge in [0.15, 0.2) is 12.4 Å². The minimum Gasteiger partial charge on any atom is -0.384 e. The van der Waals surface area contributed by atoms with Gasteiger partial charge in [-0.15, -0.1) is 0 Å². The van der Waals surface area contributed by atoms with Crippen molar-refractivity contribution in [3.63, 3.8) is 0 Å². The molecule has 3 N–H and O–H groups in total. The van der Waals surface area contributed by atoms with Gasteiger partial charge in [-0.2, -0.15) is 0 Å². The highest BCUT2D eigenvalue weighted by molar-refractivity contribution is 6.31. The fraction of sp³-hybridized carbons (Fsp3) is 0.167. The summed E-state index contributed by atoms with van der Waals surface area (Å²) >= 11 is 5.88. The third-order valence-corrected chi connectivity index (χ3v) is 3.51. The number of amidine groups is 1. The van der Waals surface area contributed by atoms with Gasteiger partial charge in [-0.1, -0.05) is 35.0 Å². The number of nitrogens with two attached hydrogens (primary N) is 1. The lowest BCUT2D eigenvalue weighted by atomic mass is 10.2. The van der Waals surface area contributed by atoms with Crippen molar-refractivity contribution in [3.05, 3.63) is 64.7 Å². The second-order valence-corrected chi connectivity index (χ2v) is 6.03. The Labute approximate surface area is 156 Å². The first kappa shape index (κ1) is 19.3. The van der Waals surface area contributed by atoms with Gasteiger partial charge in [0.2, 0.25) is 0 Å². The van der Waals surface area contributed by atoms with Crippen LogP contribution >= 0.6 is 11.6 Å². The van der Waals surface area contributed by atoms with Crippen LogP contribution in [-0.4, -0.2) is 43.3 Å². The Hall–Kier alpha value is -3.06. The molecule has 26 heavy (non-hydrogen) atoms. The minimum atomic E-state index is -0.429. The van der Waals surface area contributed by atoms with Crippen LogP contribution in [0.25, 0.3) is 0 Å². The van der Waals surface area contributed by atoms with E-state index in [0.717, 1.165) is 0 Å². The fourth-order valence-corrected chi connectivity index (χ4v) is 2.24. The fourth-order valence-electron chi connectivity index (χ4n) is 2.05. The molecule has 0 spiro atoms. The average Bonchev–Trinajstić information content (AvgIpc) is 2.61. The molecular weight excluding hydrogens is 356 g/mol. The summed E-state index contributed by atoms with van der Waals surface area (Å²) in [4.78, 5) is 30.3. The van der Waals surface area contributed by atoms with E-state index in [9.17, 15) is 9.59 Å². The molecule has 0 saturated carbocycles. The second-order valence-electron chi connectivity index (χ2n) is 5.59. The van der Waals surface area contributed by atoms with Crippen molar-refractivity contribution in [2.75, 3.05) is 26.0 Å². The van der Waals surface area contributed by atoms with E-state index >= 15 is 0 Å². The lowest BCUT2D eigenvalue weighted by Gasteiger charge is -2.11. The maximum atomic E-state index is 11.9. The number of oxime groups is 1. The lowest BCUT2D eigenvalue weighted by Crippen LogP contribution is -2.22. The molecule has 0 aliphatic carbocycles. The van der Waals surface area contributed by atoms with Crippen LogP contribution in [-0.2, 0) is 9.63 Å². The van der Waals surface area contributed by atoms with Crippen LogP contribution in [0.15, 0.2) is 53.7 Å². The molecule has 2 amide bonds.